The SMILES string of the molecule is Cc1cn(C)c(C2CCN(C(=O)CCn3nccc3C)C2)n1. The maximum Gasteiger partial charge on any atom is 0.224 e. The standard InChI is InChI=1S/C16H23N5O/c1-12-10-19(3)16(18-12)14-5-8-20(11-14)15(22)6-9-21-13(2)4-7-17-21/h4,7,10,14H,5-6,8-9,11H2,1-3H3. The molecule has 2 aromatic heterocycles. The van der Waals surface area contributed by atoms with Crippen LogP contribution in [-0.2, 0) is 18.4 Å². The molecule has 3 heterocycles. The number of aromatic nitrogens is 4. The molecule has 1 fully saturated rings. The number of imidazole rings is 1. The highest BCUT2D eigenvalue weighted by molar-refractivity contribution is 5.76. The molecule has 1 unspecified atom stereocenters. The van der Waals surface area contributed by atoms with Gasteiger partial charge < -0.3 is 9.47 Å². The molecule has 0 N–H and O–H groups in total. The first-order valence-corrected chi connectivity index (χ1v) is 7.80. The predicted molar refractivity (Wildman–Crippen MR) is 83.5 cm³/mol. The van der Waals surface area contributed by atoms with Gasteiger partial charge in [0.2, 0.25) is 5.91 Å². The fraction of sp³-hybridized carbons (Fsp3) is 0.562. The quantitative estimate of drug-likeness (QED) is 0.862. The van der Waals surface area contributed by atoms with E-state index in [1.165, 1.54) is 0 Å². The van der Waals surface area contributed by atoms with Crippen molar-refractivity contribution in [2.75, 3.05) is 13.1 Å². The third-order valence-corrected chi connectivity index (χ3v) is 4.41. The minimum Gasteiger partial charge on any atom is -0.342 e. The Bertz CT molecular complexity index is 672. The maximum absolute atomic E-state index is 12.4. The molecule has 22 heavy (non-hydrogen) atoms. The molecule has 0 bridgehead atoms. The van der Waals surface area contributed by atoms with Gasteiger partial charge in [0.1, 0.15) is 5.82 Å². The number of likely N-dealkylation sites (tertiary alicyclic amines) is 1. The van der Waals surface area contributed by atoms with E-state index in [4.69, 9.17) is 0 Å². The van der Waals surface area contributed by atoms with Gasteiger partial charge in [-0.05, 0) is 26.3 Å². The largest absolute Gasteiger partial charge is 0.342 e. The fourth-order valence-electron chi connectivity index (χ4n) is 3.20. The number of amides is 1. The Morgan fingerprint density at radius 1 is 1.41 bits per heavy atom. The lowest BCUT2D eigenvalue weighted by Crippen LogP contribution is -2.29. The maximum atomic E-state index is 12.4. The van der Waals surface area contributed by atoms with Crippen molar-refractivity contribution in [2.24, 2.45) is 7.05 Å². The molecule has 1 amide bonds. The molecule has 0 radical (unpaired) electrons. The van der Waals surface area contributed by atoms with Gasteiger partial charge in [-0.2, -0.15) is 5.10 Å². The average Bonchev–Trinajstić information content (AvgIpc) is 3.17. The lowest BCUT2D eigenvalue weighted by Gasteiger charge is -2.17. The number of hydrogen-bond donors (Lipinski definition) is 0. The second-order valence-electron chi connectivity index (χ2n) is 6.12. The van der Waals surface area contributed by atoms with Crippen LogP contribution in [-0.4, -0.2) is 43.2 Å². The Labute approximate surface area is 130 Å². The van der Waals surface area contributed by atoms with Gasteiger partial charge in [-0.15, -0.1) is 0 Å². The zero-order chi connectivity index (χ0) is 15.7. The highest BCUT2D eigenvalue weighted by Crippen LogP contribution is 2.26. The molecule has 1 aliphatic heterocycles. The molecule has 0 spiro atoms. The summed E-state index contributed by atoms with van der Waals surface area (Å²) in [5.41, 5.74) is 2.13. The Morgan fingerprint density at radius 3 is 2.86 bits per heavy atom. The molecule has 0 saturated carbocycles. The van der Waals surface area contributed by atoms with Gasteiger partial charge >= 0.3 is 0 Å². The van der Waals surface area contributed by atoms with Crippen LogP contribution < -0.4 is 0 Å². The molecule has 6 nitrogen and oxygen atoms in total. The topological polar surface area (TPSA) is 56.0 Å². The van der Waals surface area contributed by atoms with Crippen molar-refractivity contribution in [3.05, 3.63) is 35.7 Å². The van der Waals surface area contributed by atoms with Gasteiger partial charge in [-0.3, -0.25) is 9.48 Å². The summed E-state index contributed by atoms with van der Waals surface area (Å²) in [4.78, 5) is 18.9. The van der Waals surface area contributed by atoms with Crippen molar-refractivity contribution in [3.63, 3.8) is 0 Å². The minimum absolute atomic E-state index is 0.211. The molecule has 1 aliphatic rings. The summed E-state index contributed by atoms with van der Waals surface area (Å²) in [5, 5.41) is 4.22. The van der Waals surface area contributed by atoms with E-state index in [1.54, 1.807) is 6.20 Å². The van der Waals surface area contributed by atoms with Gasteiger partial charge in [-0.1, -0.05) is 0 Å². The molecule has 1 atom stereocenters. The summed E-state index contributed by atoms with van der Waals surface area (Å²) in [6.07, 6.45) is 5.32. The van der Waals surface area contributed by atoms with Crippen molar-refractivity contribution in [1.29, 1.82) is 0 Å². The van der Waals surface area contributed by atoms with Crippen LogP contribution in [0.25, 0.3) is 0 Å². The summed E-state index contributed by atoms with van der Waals surface area (Å²) in [6.45, 7) is 6.27. The molecule has 0 aliphatic carbocycles. The lowest BCUT2D eigenvalue weighted by atomic mass is 10.1. The van der Waals surface area contributed by atoms with Crippen LogP contribution in [0.3, 0.4) is 0 Å². The van der Waals surface area contributed by atoms with E-state index in [9.17, 15) is 4.79 Å². The van der Waals surface area contributed by atoms with Gasteiger partial charge in [0.05, 0.1) is 5.69 Å². The molecule has 3 rings (SSSR count). The van der Waals surface area contributed by atoms with E-state index in [2.05, 4.69) is 14.6 Å². The third kappa shape index (κ3) is 2.91. The smallest absolute Gasteiger partial charge is 0.224 e. The van der Waals surface area contributed by atoms with E-state index in [0.717, 1.165) is 36.7 Å². The summed E-state index contributed by atoms with van der Waals surface area (Å²) < 4.78 is 3.97. The van der Waals surface area contributed by atoms with Crippen LogP contribution in [0.2, 0.25) is 0 Å². The third-order valence-electron chi connectivity index (χ3n) is 4.41. The number of rotatable bonds is 4. The Kier molecular flexibility index (Phi) is 4.00. The number of aryl methyl sites for hydroxylation is 4. The van der Waals surface area contributed by atoms with Crippen molar-refractivity contribution in [1.82, 2.24) is 24.2 Å². The first kappa shape index (κ1) is 14.8. The van der Waals surface area contributed by atoms with Crippen molar-refractivity contribution < 1.29 is 4.79 Å². The van der Waals surface area contributed by atoms with Crippen LogP contribution in [0.5, 0.6) is 0 Å². The second kappa shape index (κ2) is 5.94. The molecular weight excluding hydrogens is 278 g/mol. The molecule has 0 aromatic carbocycles. The van der Waals surface area contributed by atoms with Gasteiger partial charge in [-0.25, -0.2) is 4.98 Å². The van der Waals surface area contributed by atoms with Crippen molar-refractivity contribution >= 4 is 5.91 Å². The summed E-state index contributed by atoms with van der Waals surface area (Å²) in [6, 6.07) is 1.96. The Balaban J connectivity index is 1.57. The van der Waals surface area contributed by atoms with E-state index in [1.807, 2.05) is 42.7 Å². The average molecular weight is 301 g/mol. The van der Waals surface area contributed by atoms with Crippen molar-refractivity contribution in [2.45, 2.75) is 39.2 Å². The van der Waals surface area contributed by atoms with Crippen LogP contribution in [0, 0.1) is 13.8 Å². The molecule has 118 valence electrons. The highest BCUT2D eigenvalue weighted by atomic mass is 16.2. The van der Waals surface area contributed by atoms with Gasteiger partial charge in [0, 0.05) is 57.1 Å². The molecule has 6 heteroatoms. The van der Waals surface area contributed by atoms with Gasteiger partial charge in [0.15, 0.2) is 0 Å². The lowest BCUT2D eigenvalue weighted by molar-refractivity contribution is -0.130. The van der Waals surface area contributed by atoms with Crippen LogP contribution >= 0.6 is 0 Å². The number of carbonyl (C=O) groups excluding carboxylic acids is 1. The van der Waals surface area contributed by atoms with E-state index in [0.29, 0.717) is 18.9 Å². The predicted octanol–water partition coefficient (Wildman–Crippen LogP) is 1.64. The van der Waals surface area contributed by atoms with E-state index < -0.39 is 0 Å². The van der Waals surface area contributed by atoms with Crippen LogP contribution in [0.1, 0.15) is 36.0 Å². The van der Waals surface area contributed by atoms with Gasteiger partial charge in [0.25, 0.3) is 0 Å². The zero-order valence-electron chi connectivity index (χ0n) is 13.5. The first-order valence-electron chi connectivity index (χ1n) is 7.80. The first-order chi connectivity index (χ1) is 10.5. The van der Waals surface area contributed by atoms with E-state index >= 15 is 0 Å². The van der Waals surface area contributed by atoms with Crippen molar-refractivity contribution in [3.8, 4) is 0 Å². The normalized spacial score (nSPS) is 18.1. The molecular formula is C16H23N5O. The Morgan fingerprint density at radius 2 is 2.23 bits per heavy atom. The highest BCUT2D eigenvalue weighted by Gasteiger charge is 2.29. The van der Waals surface area contributed by atoms with E-state index in [-0.39, 0.29) is 5.91 Å². The number of nitrogens with zero attached hydrogens (tertiary/aromatic N) is 5. The molecule has 2 aromatic rings. The summed E-state index contributed by atoms with van der Waals surface area (Å²) in [5.74, 6) is 1.66. The number of hydrogen-bond acceptors (Lipinski definition) is 3. The zero-order valence-corrected chi connectivity index (χ0v) is 13.5. The summed E-state index contributed by atoms with van der Waals surface area (Å²) >= 11 is 0. The Hall–Kier alpha value is -2.11. The molecule has 1 saturated heterocycles. The summed E-state index contributed by atoms with van der Waals surface area (Å²) in [7, 11) is 2.03. The monoisotopic (exact) mass is 301 g/mol. The minimum atomic E-state index is 0.211. The second-order valence-corrected chi connectivity index (χ2v) is 6.12. The number of carbonyl (C=O) groups is 1. The fourth-order valence-corrected chi connectivity index (χ4v) is 3.20. The van der Waals surface area contributed by atoms with Crippen LogP contribution in [0.15, 0.2) is 18.5 Å². The van der Waals surface area contributed by atoms with Crippen LogP contribution in [0.4, 0.5) is 0 Å².